The summed E-state index contributed by atoms with van der Waals surface area (Å²) in [5.74, 6) is -0.869. The Morgan fingerprint density at radius 2 is 1.48 bits per heavy atom. The van der Waals surface area contributed by atoms with E-state index in [0.29, 0.717) is 38.7 Å². The summed E-state index contributed by atoms with van der Waals surface area (Å²) < 4.78 is 23.0. The fourth-order valence-electron chi connectivity index (χ4n) is 7.12. The Kier molecular flexibility index (Phi) is 25.6. The standard InChI is InChI=1S/C47H80N2O7/c1-14-18-26-47(35-49,45(11,12)27-21-40(19-15-2)20-16-3)29-23-43(52)55-30-24-36(5)38(7)53-31-32-54-39(8)56-33-42(51)37(6)41(50)22-28-46(13,34-48)44(9,10)25-17-4/h14-15,19-20,36-39,42,51H,1,16-18,21-33H2,2-13H3/b19-15-,40-20+/t36-,37+,38-,39+,42?,46+,47?/m0/s1. The molecule has 56 heavy (non-hydrogen) atoms. The lowest BCUT2D eigenvalue weighted by Crippen LogP contribution is -2.37. The first-order valence-corrected chi connectivity index (χ1v) is 21.2. The van der Waals surface area contributed by atoms with Gasteiger partial charge in [0.2, 0.25) is 0 Å². The second kappa shape index (κ2) is 27.0. The zero-order valence-corrected chi connectivity index (χ0v) is 37.5. The van der Waals surface area contributed by atoms with Crippen LogP contribution in [0.4, 0.5) is 0 Å². The summed E-state index contributed by atoms with van der Waals surface area (Å²) in [6.07, 6.45) is 14.4. The van der Waals surface area contributed by atoms with E-state index in [0.717, 1.165) is 32.1 Å². The number of ether oxygens (including phenoxy) is 4. The summed E-state index contributed by atoms with van der Waals surface area (Å²) in [7, 11) is 0. The molecule has 0 aromatic carbocycles. The van der Waals surface area contributed by atoms with E-state index in [1.165, 1.54) is 5.57 Å². The van der Waals surface area contributed by atoms with Crippen LogP contribution in [0.25, 0.3) is 0 Å². The minimum absolute atomic E-state index is 0.0453. The molecule has 0 aromatic rings. The van der Waals surface area contributed by atoms with Crippen molar-refractivity contribution in [3.05, 3.63) is 36.5 Å². The Labute approximate surface area is 342 Å². The van der Waals surface area contributed by atoms with Crippen LogP contribution in [0.2, 0.25) is 0 Å². The van der Waals surface area contributed by atoms with Crippen LogP contribution in [-0.4, -0.2) is 61.8 Å². The molecule has 0 aliphatic rings. The number of carbonyl (C=O) groups excluding carboxylic acids is 2. The van der Waals surface area contributed by atoms with E-state index in [9.17, 15) is 25.2 Å². The predicted molar refractivity (Wildman–Crippen MR) is 226 cm³/mol. The first-order valence-electron chi connectivity index (χ1n) is 21.2. The van der Waals surface area contributed by atoms with Crippen molar-refractivity contribution in [1.82, 2.24) is 0 Å². The third-order valence-corrected chi connectivity index (χ3v) is 12.5. The molecule has 0 rings (SSSR count). The molecular formula is C47H80N2O7. The number of esters is 1. The van der Waals surface area contributed by atoms with Gasteiger partial charge in [-0.2, -0.15) is 10.5 Å². The zero-order valence-electron chi connectivity index (χ0n) is 37.5. The number of nitriles is 2. The second-order valence-electron chi connectivity index (χ2n) is 17.3. The van der Waals surface area contributed by atoms with Crippen molar-refractivity contribution in [3.8, 4) is 12.1 Å². The van der Waals surface area contributed by atoms with Gasteiger partial charge in [0.15, 0.2) is 6.29 Å². The topological polar surface area (TPSA) is 139 Å². The molecule has 9 heteroatoms. The first kappa shape index (κ1) is 53.2. The van der Waals surface area contributed by atoms with Crippen LogP contribution < -0.4 is 0 Å². The second-order valence-corrected chi connectivity index (χ2v) is 17.3. The van der Waals surface area contributed by atoms with Gasteiger partial charge in [0.1, 0.15) is 5.78 Å². The zero-order chi connectivity index (χ0) is 43.0. The molecule has 0 fully saturated rings. The van der Waals surface area contributed by atoms with Crippen molar-refractivity contribution in [2.75, 3.05) is 26.4 Å². The van der Waals surface area contributed by atoms with E-state index in [4.69, 9.17) is 18.9 Å². The Morgan fingerprint density at radius 1 is 0.821 bits per heavy atom. The largest absolute Gasteiger partial charge is 0.466 e. The van der Waals surface area contributed by atoms with E-state index in [-0.39, 0.29) is 67.3 Å². The molecule has 0 aliphatic heterocycles. The molecule has 0 radical (unpaired) electrons. The highest BCUT2D eigenvalue weighted by atomic mass is 16.7. The number of aliphatic hydroxyl groups excluding tert-OH is 1. The molecule has 0 heterocycles. The van der Waals surface area contributed by atoms with Gasteiger partial charge in [-0.15, -0.1) is 6.58 Å². The van der Waals surface area contributed by atoms with Crippen LogP contribution in [0.15, 0.2) is 36.5 Å². The third kappa shape index (κ3) is 18.2. The average molecular weight is 785 g/mol. The summed E-state index contributed by atoms with van der Waals surface area (Å²) in [6.45, 7) is 28.8. The number of hydrogen-bond acceptors (Lipinski definition) is 9. The number of hydrogen-bond donors (Lipinski definition) is 1. The van der Waals surface area contributed by atoms with Crippen molar-refractivity contribution in [2.45, 2.75) is 179 Å². The van der Waals surface area contributed by atoms with E-state index in [2.05, 4.69) is 79.3 Å². The van der Waals surface area contributed by atoms with E-state index >= 15 is 0 Å². The summed E-state index contributed by atoms with van der Waals surface area (Å²) in [5, 5.41) is 31.0. The third-order valence-electron chi connectivity index (χ3n) is 12.5. The highest BCUT2D eigenvalue weighted by molar-refractivity contribution is 5.81. The monoisotopic (exact) mass is 785 g/mol. The lowest BCUT2D eigenvalue weighted by molar-refractivity contribution is -0.163. The molecule has 2 unspecified atom stereocenters. The van der Waals surface area contributed by atoms with Crippen molar-refractivity contribution < 1.29 is 33.6 Å². The van der Waals surface area contributed by atoms with Crippen molar-refractivity contribution in [2.24, 2.45) is 33.5 Å². The average Bonchev–Trinajstić information content (AvgIpc) is 3.16. The minimum atomic E-state index is -0.982. The van der Waals surface area contributed by atoms with Crippen molar-refractivity contribution in [1.29, 1.82) is 10.5 Å². The molecule has 0 aliphatic carbocycles. The molecule has 320 valence electrons. The van der Waals surface area contributed by atoms with Crippen LogP contribution >= 0.6 is 0 Å². The Hall–Kier alpha value is -2.82. The maximum Gasteiger partial charge on any atom is 0.305 e. The quantitative estimate of drug-likeness (QED) is 0.0232. The van der Waals surface area contributed by atoms with Gasteiger partial charge >= 0.3 is 5.97 Å². The summed E-state index contributed by atoms with van der Waals surface area (Å²) in [4.78, 5) is 25.8. The van der Waals surface area contributed by atoms with Crippen LogP contribution in [0, 0.1) is 56.2 Å². The predicted octanol–water partition coefficient (Wildman–Crippen LogP) is 11.0. The Morgan fingerprint density at radius 3 is 2.05 bits per heavy atom. The Bertz CT molecular complexity index is 1310. The van der Waals surface area contributed by atoms with Crippen LogP contribution in [0.3, 0.4) is 0 Å². The molecule has 0 saturated carbocycles. The molecule has 7 atom stereocenters. The summed E-state index contributed by atoms with van der Waals surface area (Å²) in [6, 6.07) is 5.08. The van der Waals surface area contributed by atoms with Gasteiger partial charge in [-0.1, -0.05) is 91.7 Å². The highest BCUT2D eigenvalue weighted by Crippen LogP contribution is 2.50. The number of aliphatic hydroxyl groups is 1. The van der Waals surface area contributed by atoms with Gasteiger partial charge in [-0.3, -0.25) is 9.59 Å². The number of allylic oxidation sites excluding steroid dienone is 5. The van der Waals surface area contributed by atoms with Gasteiger partial charge in [0, 0.05) is 18.8 Å². The Balaban J connectivity index is 4.73. The number of rotatable bonds is 32. The molecule has 0 bridgehead atoms. The van der Waals surface area contributed by atoms with Gasteiger partial charge < -0.3 is 24.1 Å². The van der Waals surface area contributed by atoms with Crippen molar-refractivity contribution >= 4 is 11.8 Å². The summed E-state index contributed by atoms with van der Waals surface area (Å²) in [5.41, 5.74) is -0.579. The number of Topliss-reactive ketones (excluding diaryl/α,β-unsaturated/α-hetero) is 1. The lowest BCUT2D eigenvalue weighted by atomic mass is 9.59. The maximum atomic E-state index is 12.9. The number of nitrogens with zero attached hydrogens (tertiary/aromatic N) is 2. The van der Waals surface area contributed by atoms with Crippen molar-refractivity contribution in [3.63, 3.8) is 0 Å². The van der Waals surface area contributed by atoms with Gasteiger partial charge in [-0.25, -0.2) is 0 Å². The molecular weight excluding hydrogens is 705 g/mol. The molecule has 0 saturated heterocycles. The van der Waals surface area contributed by atoms with E-state index < -0.39 is 29.1 Å². The molecule has 0 aromatic heterocycles. The van der Waals surface area contributed by atoms with Crippen LogP contribution in [0.1, 0.15) is 160 Å². The van der Waals surface area contributed by atoms with E-state index in [1.54, 1.807) is 13.8 Å². The fourth-order valence-corrected chi connectivity index (χ4v) is 7.12. The molecule has 0 amide bonds. The fraction of sp³-hybridized carbons (Fsp3) is 0.787. The highest BCUT2D eigenvalue weighted by Gasteiger charge is 2.45. The van der Waals surface area contributed by atoms with Crippen LogP contribution in [-0.2, 0) is 28.5 Å². The molecule has 1 N–H and O–H groups in total. The SMILES string of the molecule is C=CCCC(C#N)(CCC(=O)OCC[C@H](C)[C@H](C)OCCO[C@@H](C)OCC(O)[C@H](C)C(=O)CC[C@](C)(C#N)C(C)(C)CCC)C(C)(C)CCC(/C=C\C)=C/CC. The van der Waals surface area contributed by atoms with Gasteiger partial charge in [0.05, 0.1) is 61.6 Å². The smallest absolute Gasteiger partial charge is 0.305 e. The van der Waals surface area contributed by atoms with Crippen LogP contribution in [0.5, 0.6) is 0 Å². The van der Waals surface area contributed by atoms with E-state index in [1.807, 2.05) is 32.9 Å². The minimum Gasteiger partial charge on any atom is -0.466 e. The maximum absolute atomic E-state index is 12.9. The van der Waals surface area contributed by atoms with Gasteiger partial charge in [-0.05, 0) is 102 Å². The summed E-state index contributed by atoms with van der Waals surface area (Å²) >= 11 is 0. The molecule has 0 spiro atoms. The molecule has 9 nitrogen and oxygen atoms in total. The normalized spacial score (nSPS) is 17.4. The number of ketones is 1. The number of carbonyl (C=O) groups is 2. The first-order chi connectivity index (χ1) is 26.2. The lowest BCUT2D eigenvalue weighted by Gasteiger charge is -2.42. The van der Waals surface area contributed by atoms with Gasteiger partial charge in [0.25, 0.3) is 0 Å².